The van der Waals surface area contributed by atoms with Crippen LogP contribution in [0.4, 0.5) is 0 Å². The minimum absolute atomic E-state index is 0. The van der Waals surface area contributed by atoms with Crippen molar-refractivity contribution in [2.45, 2.75) is 65.2 Å². The fraction of sp³-hybridized carbons (Fsp3) is 0.875. The molecule has 23 heavy (non-hydrogen) atoms. The zero-order chi connectivity index (χ0) is 17.4. The Bertz CT molecular complexity index is 263. The van der Waals surface area contributed by atoms with E-state index in [4.69, 9.17) is 49.7 Å². The van der Waals surface area contributed by atoms with E-state index < -0.39 is 0 Å². The van der Waals surface area contributed by atoms with E-state index in [1.54, 1.807) is 0 Å². The third-order valence-corrected chi connectivity index (χ3v) is 4.56. The molecule has 0 aliphatic rings. The molecule has 0 amide bonds. The molecule has 132 valence electrons. The van der Waals surface area contributed by atoms with E-state index in [1.165, 1.54) is 51.4 Å². The minimum Gasteiger partial charge on any atom is -0.411 e. The van der Waals surface area contributed by atoms with Crippen LogP contribution in [-0.4, -0.2) is 45.6 Å². The standard InChI is InChI=1S/2C8H17NS2.Zn/c2*1-3-4-5-6-7-9(2)8(10)11;/h2*3-7H2,1-2H3,(H,10,11);/q;;+2/p-2. The van der Waals surface area contributed by atoms with Gasteiger partial charge in [-0.15, -0.1) is 0 Å². The van der Waals surface area contributed by atoms with E-state index in [1.807, 2.05) is 23.9 Å². The van der Waals surface area contributed by atoms with Gasteiger partial charge >= 0.3 is 19.5 Å². The summed E-state index contributed by atoms with van der Waals surface area (Å²) in [4.78, 5) is 3.92. The first-order valence-corrected chi connectivity index (χ1v) is 9.84. The van der Waals surface area contributed by atoms with E-state index in [2.05, 4.69) is 13.8 Å². The second kappa shape index (κ2) is 20.9. The first kappa shape index (κ1) is 28.6. The van der Waals surface area contributed by atoms with Gasteiger partial charge in [0.25, 0.3) is 0 Å². The number of rotatable bonds is 10. The summed E-state index contributed by atoms with van der Waals surface area (Å²) >= 11 is 19.3. The Morgan fingerprint density at radius 3 is 1.22 bits per heavy atom. The third-order valence-electron chi connectivity index (χ3n) is 3.32. The van der Waals surface area contributed by atoms with Gasteiger partial charge in [0.1, 0.15) is 0 Å². The molecule has 0 aliphatic carbocycles. The summed E-state index contributed by atoms with van der Waals surface area (Å²) in [6.45, 7) is 6.45. The van der Waals surface area contributed by atoms with E-state index >= 15 is 0 Å². The van der Waals surface area contributed by atoms with Gasteiger partial charge in [0.15, 0.2) is 0 Å². The van der Waals surface area contributed by atoms with E-state index in [0.717, 1.165) is 13.1 Å². The molecule has 0 saturated carbocycles. The van der Waals surface area contributed by atoms with Crippen LogP contribution >= 0.6 is 24.4 Å². The molecule has 0 spiro atoms. The molecule has 0 aromatic heterocycles. The van der Waals surface area contributed by atoms with Crippen molar-refractivity contribution >= 4 is 58.3 Å². The normalized spacial score (nSPS) is 9.22. The molecule has 0 unspecified atom stereocenters. The molecule has 0 rings (SSSR count). The first-order valence-electron chi connectivity index (χ1n) is 8.20. The predicted octanol–water partition coefficient (Wildman–Crippen LogP) is 4.66. The van der Waals surface area contributed by atoms with Crippen molar-refractivity contribution in [2.75, 3.05) is 27.2 Å². The molecule has 0 fully saturated rings. The molecule has 0 aromatic rings. The molecule has 0 radical (unpaired) electrons. The molecule has 0 aromatic carbocycles. The summed E-state index contributed by atoms with van der Waals surface area (Å²) < 4.78 is 1.17. The van der Waals surface area contributed by atoms with Crippen LogP contribution in [-0.2, 0) is 44.7 Å². The van der Waals surface area contributed by atoms with Crippen molar-refractivity contribution in [3.8, 4) is 0 Å². The van der Waals surface area contributed by atoms with Crippen molar-refractivity contribution in [3.63, 3.8) is 0 Å². The summed E-state index contributed by atoms with van der Waals surface area (Å²) in [5, 5.41) is 0. The van der Waals surface area contributed by atoms with Crippen LogP contribution in [0.25, 0.3) is 0 Å². The Morgan fingerprint density at radius 2 is 1.00 bits per heavy atom. The van der Waals surface area contributed by atoms with Gasteiger partial charge in [0.2, 0.25) is 0 Å². The van der Waals surface area contributed by atoms with Crippen LogP contribution in [0.3, 0.4) is 0 Å². The monoisotopic (exact) mass is 444 g/mol. The fourth-order valence-corrected chi connectivity index (χ4v) is 2.10. The number of thiocarbonyl (C=S) groups is 2. The van der Waals surface area contributed by atoms with Crippen molar-refractivity contribution in [1.29, 1.82) is 0 Å². The van der Waals surface area contributed by atoms with Crippen LogP contribution in [0.5, 0.6) is 0 Å². The maximum absolute atomic E-state index is 4.84. The molecule has 0 heterocycles. The molecular formula is C16H32N2S4Zn. The number of unbranched alkanes of at least 4 members (excludes halogenated alkanes) is 6. The van der Waals surface area contributed by atoms with E-state index in [9.17, 15) is 0 Å². The zero-order valence-corrected chi connectivity index (χ0v) is 21.5. The van der Waals surface area contributed by atoms with Crippen molar-refractivity contribution in [3.05, 3.63) is 0 Å². The van der Waals surface area contributed by atoms with Crippen molar-refractivity contribution < 1.29 is 19.5 Å². The van der Waals surface area contributed by atoms with Gasteiger partial charge in [0.05, 0.1) is 0 Å². The summed E-state index contributed by atoms with van der Waals surface area (Å²) in [5.41, 5.74) is 0. The molecule has 0 saturated heterocycles. The van der Waals surface area contributed by atoms with Crippen LogP contribution in [0.15, 0.2) is 0 Å². The van der Waals surface area contributed by atoms with Gasteiger partial charge in [-0.2, -0.15) is 0 Å². The maximum atomic E-state index is 4.84. The van der Waals surface area contributed by atoms with Crippen molar-refractivity contribution in [2.24, 2.45) is 0 Å². The van der Waals surface area contributed by atoms with Gasteiger partial charge < -0.3 is 59.5 Å². The zero-order valence-electron chi connectivity index (χ0n) is 15.3. The Balaban J connectivity index is -0.000000333. The minimum atomic E-state index is 0. The number of nitrogens with zero attached hydrogens (tertiary/aromatic N) is 2. The van der Waals surface area contributed by atoms with E-state index in [0.29, 0.717) is 8.64 Å². The summed E-state index contributed by atoms with van der Waals surface area (Å²) in [6.07, 6.45) is 10.2. The van der Waals surface area contributed by atoms with E-state index in [-0.39, 0.29) is 19.5 Å². The van der Waals surface area contributed by atoms with Gasteiger partial charge in [-0.3, -0.25) is 0 Å². The largest absolute Gasteiger partial charge is 2.00 e. The number of hydrogen-bond donors (Lipinski definition) is 0. The Kier molecular flexibility index (Phi) is 26.0. The SMILES string of the molecule is CCCCCCN(C)C(=S)[S-].CCCCCCN(C)C(=S)[S-].[Zn+2]. The Labute approximate surface area is 179 Å². The molecule has 0 atom stereocenters. The first-order chi connectivity index (χ1) is 10.4. The second-order valence-electron chi connectivity index (χ2n) is 5.50. The fourth-order valence-electron chi connectivity index (χ4n) is 1.73. The predicted molar refractivity (Wildman–Crippen MR) is 113 cm³/mol. The molecule has 0 aliphatic heterocycles. The molecule has 7 heteroatoms. The Morgan fingerprint density at radius 1 is 0.696 bits per heavy atom. The van der Waals surface area contributed by atoms with Crippen LogP contribution in [0, 0.1) is 0 Å². The summed E-state index contributed by atoms with van der Waals surface area (Å²) in [7, 11) is 3.92. The third kappa shape index (κ3) is 22.8. The summed E-state index contributed by atoms with van der Waals surface area (Å²) in [6, 6.07) is 0. The second-order valence-corrected chi connectivity index (χ2v) is 7.56. The Hall–Kier alpha value is 0.843. The van der Waals surface area contributed by atoms with Gasteiger partial charge in [-0.05, 0) is 12.8 Å². The smallest absolute Gasteiger partial charge is 0.411 e. The quantitative estimate of drug-likeness (QED) is 0.207. The average molecular weight is 446 g/mol. The van der Waals surface area contributed by atoms with Gasteiger partial charge in [-0.25, -0.2) is 0 Å². The number of hydrogen-bond acceptors (Lipinski definition) is 4. The molecule has 0 bridgehead atoms. The molecule has 0 N–H and O–H groups in total. The average Bonchev–Trinajstić information content (AvgIpc) is 2.48. The maximum Gasteiger partial charge on any atom is 2.00 e. The van der Waals surface area contributed by atoms with Crippen molar-refractivity contribution in [1.82, 2.24) is 9.80 Å². The van der Waals surface area contributed by atoms with Crippen LogP contribution in [0.1, 0.15) is 65.2 Å². The van der Waals surface area contributed by atoms with Gasteiger partial charge in [0, 0.05) is 27.2 Å². The molecule has 2 nitrogen and oxygen atoms in total. The van der Waals surface area contributed by atoms with Crippen LogP contribution in [0.2, 0.25) is 0 Å². The summed E-state index contributed by atoms with van der Waals surface area (Å²) in [5.74, 6) is 0. The van der Waals surface area contributed by atoms with Crippen LogP contribution < -0.4 is 0 Å². The van der Waals surface area contributed by atoms with Gasteiger partial charge in [-0.1, -0.05) is 61.0 Å². The topological polar surface area (TPSA) is 6.48 Å². The molecular weight excluding hydrogens is 414 g/mol.